The second kappa shape index (κ2) is 17.8. The van der Waals surface area contributed by atoms with Crippen LogP contribution < -0.4 is 0 Å². The lowest BCUT2D eigenvalue weighted by Crippen LogP contribution is -2.62. The van der Waals surface area contributed by atoms with Gasteiger partial charge in [0, 0.05) is 33.4 Å². The molecular weight excluding hydrogens is 400 g/mol. The summed E-state index contributed by atoms with van der Waals surface area (Å²) < 4.78 is 36.3. The number of rotatable bonds is 18. The molecule has 5 unspecified atom stereocenters. The lowest BCUT2D eigenvalue weighted by atomic mass is 9.98. The Labute approximate surface area is 189 Å². The van der Waals surface area contributed by atoms with Crippen LogP contribution in [0, 0.1) is 0 Å². The lowest BCUT2D eigenvalue weighted by Gasteiger charge is -2.45. The monoisotopic (exact) mass is 446 g/mol. The summed E-state index contributed by atoms with van der Waals surface area (Å²) in [7, 11) is 0. The third-order valence-electron chi connectivity index (χ3n) is 5.22. The van der Waals surface area contributed by atoms with Crippen LogP contribution in [-0.2, 0) is 33.2 Å². The van der Waals surface area contributed by atoms with Crippen molar-refractivity contribution in [2.45, 2.75) is 117 Å². The lowest BCUT2D eigenvalue weighted by molar-refractivity contribution is -0.315. The summed E-state index contributed by atoms with van der Waals surface area (Å²) in [6, 6.07) is 0. The van der Waals surface area contributed by atoms with Crippen LogP contribution in [0.15, 0.2) is 0 Å². The second-order valence-electron chi connectivity index (χ2n) is 8.15. The van der Waals surface area contributed by atoms with E-state index in [0.29, 0.717) is 33.0 Å². The van der Waals surface area contributed by atoms with Gasteiger partial charge in [0.05, 0.1) is 6.61 Å². The van der Waals surface area contributed by atoms with Gasteiger partial charge in [-0.05, 0) is 25.7 Å². The average molecular weight is 447 g/mol. The topological polar surface area (TPSA) is 72.5 Å². The molecule has 0 spiro atoms. The highest BCUT2D eigenvalue weighted by molar-refractivity contribution is 5.66. The van der Waals surface area contributed by atoms with Gasteiger partial charge in [0.1, 0.15) is 24.4 Å². The molecule has 31 heavy (non-hydrogen) atoms. The van der Waals surface area contributed by atoms with Crippen molar-refractivity contribution in [1.29, 1.82) is 0 Å². The maximum atomic E-state index is 11.8. The second-order valence-corrected chi connectivity index (χ2v) is 8.15. The summed E-state index contributed by atoms with van der Waals surface area (Å²) in [5.74, 6) is -0.405. The molecule has 0 aromatic heterocycles. The van der Waals surface area contributed by atoms with Crippen molar-refractivity contribution < 1.29 is 33.2 Å². The van der Waals surface area contributed by atoms with E-state index in [1.54, 1.807) is 0 Å². The molecule has 184 valence electrons. The van der Waals surface area contributed by atoms with E-state index in [4.69, 9.17) is 28.4 Å². The van der Waals surface area contributed by atoms with E-state index in [1.807, 2.05) is 0 Å². The number of hydrogen-bond donors (Lipinski definition) is 0. The first-order valence-electron chi connectivity index (χ1n) is 12.3. The van der Waals surface area contributed by atoms with Gasteiger partial charge in [0.2, 0.25) is 6.29 Å². The molecule has 0 aromatic carbocycles. The highest BCUT2D eigenvalue weighted by Gasteiger charge is 2.49. The normalized spacial score (nSPS) is 26.2. The Hall–Kier alpha value is -0.730. The maximum absolute atomic E-state index is 11.8. The maximum Gasteiger partial charge on any atom is 0.305 e. The van der Waals surface area contributed by atoms with Gasteiger partial charge in [-0.1, -0.05) is 53.4 Å². The van der Waals surface area contributed by atoms with Crippen LogP contribution >= 0.6 is 0 Å². The van der Waals surface area contributed by atoms with Crippen molar-refractivity contribution in [3.05, 3.63) is 0 Å². The van der Waals surface area contributed by atoms with E-state index < -0.39 is 30.6 Å². The summed E-state index contributed by atoms with van der Waals surface area (Å²) in [4.78, 5) is 11.8. The first kappa shape index (κ1) is 28.3. The third kappa shape index (κ3) is 11.1. The van der Waals surface area contributed by atoms with Crippen LogP contribution in [0.1, 0.15) is 86.0 Å². The van der Waals surface area contributed by atoms with E-state index in [1.165, 1.54) is 6.92 Å². The van der Waals surface area contributed by atoms with Crippen LogP contribution in [0.25, 0.3) is 0 Å². The quantitative estimate of drug-likeness (QED) is 0.224. The molecule has 1 rings (SSSR count). The highest BCUT2D eigenvalue weighted by Crippen LogP contribution is 2.30. The van der Waals surface area contributed by atoms with Crippen molar-refractivity contribution >= 4 is 5.97 Å². The Bertz CT molecular complexity index is 446. The molecule has 1 heterocycles. The van der Waals surface area contributed by atoms with Gasteiger partial charge < -0.3 is 28.4 Å². The SMILES string of the molecule is CCCCOCC1OC(OC(C)=O)C(OCCCC)C(OCCCC)C1OCCCC. The zero-order chi connectivity index (χ0) is 22.9. The predicted molar refractivity (Wildman–Crippen MR) is 120 cm³/mol. The fourth-order valence-electron chi connectivity index (χ4n) is 3.38. The van der Waals surface area contributed by atoms with Crippen molar-refractivity contribution in [3.63, 3.8) is 0 Å². The Kier molecular flexibility index (Phi) is 16.2. The minimum absolute atomic E-state index is 0.344. The third-order valence-corrected chi connectivity index (χ3v) is 5.22. The highest BCUT2D eigenvalue weighted by atomic mass is 16.7. The molecule has 1 aliphatic heterocycles. The molecular formula is C24H46O7. The zero-order valence-corrected chi connectivity index (χ0v) is 20.4. The van der Waals surface area contributed by atoms with Gasteiger partial charge in [0.15, 0.2) is 0 Å². The zero-order valence-electron chi connectivity index (χ0n) is 20.4. The summed E-state index contributed by atoms with van der Waals surface area (Å²) in [5.41, 5.74) is 0. The van der Waals surface area contributed by atoms with Gasteiger partial charge in [-0.25, -0.2) is 0 Å². The molecule has 7 heteroatoms. The van der Waals surface area contributed by atoms with Crippen LogP contribution in [0.4, 0.5) is 0 Å². The first-order valence-corrected chi connectivity index (χ1v) is 12.3. The Morgan fingerprint density at radius 3 is 1.71 bits per heavy atom. The van der Waals surface area contributed by atoms with E-state index in [-0.39, 0.29) is 6.10 Å². The van der Waals surface area contributed by atoms with Crippen LogP contribution in [0.2, 0.25) is 0 Å². The van der Waals surface area contributed by atoms with Crippen molar-refractivity contribution in [1.82, 2.24) is 0 Å². The van der Waals surface area contributed by atoms with E-state index >= 15 is 0 Å². The Balaban J connectivity index is 3.06. The van der Waals surface area contributed by atoms with Crippen molar-refractivity contribution in [2.24, 2.45) is 0 Å². The molecule has 0 amide bonds. The molecule has 0 aliphatic carbocycles. The molecule has 0 aromatic rings. The van der Waals surface area contributed by atoms with Gasteiger partial charge in [-0.3, -0.25) is 4.79 Å². The number of ether oxygens (including phenoxy) is 6. The van der Waals surface area contributed by atoms with Crippen LogP contribution in [-0.4, -0.2) is 69.7 Å². The van der Waals surface area contributed by atoms with Gasteiger partial charge in [-0.15, -0.1) is 0 Å². The molecule has 0 radical (unpaired) electrons. The van der Waals surface area contributed by atoms with Gasteiger partial charge >= 0.3 is 5.97 Å². The number of carbonyl (C=O) groups is 1. The minimum Gasteiger partial charge on any atom is -0.433 e. The average Bonchev–Trinajstić information content (AvgIpc) is 2.74. The van der Waals surface area contributed by atoms with E-state index in [2.05, 4.69) is 27.7 Å². The minimum atomic E-state index is -0.841. The molecule has 0 N–H and O–H groups in total. The Morgan fingerprint density at radius 1 is 0.710 bits per heavy atom. The van der Waals surface area contributed by atoms with Crippen LogP contribution in [0.3, 0.4) is 0 Å². The smallest absolute Gasteiger partial charge is 0.305 e. The van der Waals surface area contributed by atoms with Gasteiger partial charge in [0.25, 0.3) is 0 Å². The van der Waals surface area contributed by atoms with Crippen LogP contribution in [0.5, 0.6) is 0 Å². The number of carbonyl (C=O) groups excluding carboxylic acids is 1. The predicted octanol–water partition coefficient (Wildman–Crippen LogP) is 4.65. The van der Waals surface area contributed by atoms with E-state index in [0.717, 1.165) is 51.4 Å². The molecule has 1 fully saturated rings. The molecule has 1 aliphatic rings. The molecule has 7 nitrogen and oxygen atoms in total. The van der Waals surface area contributed by atoms with Crippen molar-refractivity contribution in [3.8, 4) is 0 Å². The summed E-state index contributed by atoms with van der Waals surface area (Å²) in [5, 5.41) is 0. The molecule has 1 saturated heterocycles. The molecule has 5 atom stereocenters. The fraction of sp³-hybridized carbons (Fsp3) is 0.958. The fourth-order valence-corrected chi connectivity index (χ4v) is 3.38. The summed E-state index contributed by atoms with van der Waals surface area (Å²) >= 11 is 0. The summed E-state index contributed by atoms with van der Waals surface area (Å²) in [6.07, 6.45) is 5.44. The van der Waals surface area contributed by atoms with Gasteiger partial charge in [-0.2, -0.15) is 0 Å². The standard InChI is InChI=1S/C24H46O7/c1-6-10-14-26-18-20-21(27-15-11-7-2)22(28-16-12-8-3)23(29-17-13-9-4)24(31-20)30-19(5)25/h20-24H,6-18H2,1-5H3. The molecule has 0 bridgehead atoms. The number of unbranched alkanes of at least 4 members (excludes halogenated alkanes) is 4. The first-order chi connectivity index (χ1) is 15.1. The Morgan fingerprint density at radius 2 is 1.19 bits per heavy atom. The largest absolute Gasteiger partial charge is 0.433 e. The molecule has 0 saturated carbocycles. The number of esters is 1. The summed E-state index contributed by atoms with van der Waals surface area (Å²) in [6.45, 7) is 12.7. The van der Waals surface area contributed by atoms with Crippen molar-refractivity contribution in [2.75, 3.05) is 33.0 Å². The van der Waals surface area contributed by atoms with E-state index in [9.17, 15) is 4.79 Å². The number of hydrogen-bond acceptors (Lipinski definition) is 7.